The van der Waals surface area contributed by atoms with Gasteiger partial charge < -0.3 is 10.1 Å². The van der Waals surface area contributed by atoms with Gasteiger partial charge in [-0.3, -0.25) is 9.52 Å². The van der Waals surface area contributed by atoms with Crippen LogP contribution in [0.3, 0.4) is 0 Å². The van der Waals surface area contributed by atoms with Crippen molar-refractivity contribution in [3.8, 4) is 0 Å². The fourth-order valence-electron chi connectivity index (χ4n) is 2.52. The molecular formula is C17H15ClN2O4S. The fourth-order valence-corrected chi connectivity index (χ4v) is 3.69. The third kappa shape index (κ3) is 3.94. The van der Waals surface area contributed by atoms with Crippen molar-refractivity contribution in [2.45, 2.75) is 17.7 Å². The van der Waals surface area contributed by atoms with Crippen LogP contribution in [0.15, 0.2) is 53.6 Å². The van der Waals surface area contributed by atoms with Crippen LogP contribution < -0.4 is 4.72 Å². The molecule has 0 fully saturated rings. The zero-order valence-corrected chi connectivity index (χ0v) is 14.6. The molecular weight excluding hydrogens is 364 g/mol. The number of halogens is 1. The highest BCUT2D eigenvalue weighted by Crippen LogP contribution is 2.25. The molecule has 6 nitrogen and oxygen atoms in total. The summed E-state index contributed by atoms with van der Waals surface area (Å²) in [7, 11) is -3.73. The number of rotatable bonds is 6. The second kappa shape index (κ2) is 6.78. The molecule has 0 saturated carbocycles. The molecule has 0 aliphatic heterocycles. The number of benzene rings is 2. The number of aliphatic carboxylic acids is 1. The van der Waals surface area contributed by atoms with Gasteiger partial charge in [-0.25, -0.2) is 8.42 Å². The lowest BCUT2D eigenvalue weighted by Crippen LogP contribution is -2.12. The van der Waals surface area contributed by atoms with Gasteiger partial charge in [0.15, 0.2) is 0 Å². The first-order valence-electron chi connectivity index (χ1n) is 7.45. The molecule has 0 saturated heterocycles. The van der Waals surface area contributed by atoms with Gasteiger partial charge >= 0.3 is 5.97 Å². The Morgan fingerprint density at radius 1 is 1.16 bits per heavy atom. The van der Waals surface area contributed by atoms with Crippen LogP contribution in [0.1, 0.15) is 12.0 Å². The van der Waals surface area contributed by atoms with Gasteiger partial charge in [0.2, 0.25) is 0 Å². The van der Waals surface area contributed by atoms with E-state index in [0.29, 0.717) is 17.1 Å². The Balaban J connectivity index is 1.89. The fraction of sp³-hybridized carbons (Fsp3) is 0.118. The number of carboxylic acids is 1. The number of sulfonamides is 1. The van der Waals surface area contributed by atoms with E-state index in [1.165, 1.54) is 24.3 Å². The Hall–Kier alpha value is -2.51. The lowest BCUT2D eigenvalue weighted by molar-refractivity contribution is -0.136. The van der Waals surface area contributed by atoms with Crippen LogP contribution >= 0.6 is 11.6 Å². The van der Waals surface area contributed by atoms with E-state index in [1.54, 1.807) is 24.4 Å². The summed E-state index contributed by atoms with van der Waals surface area (Å²) >= 11 is 5.78. The van der Waals surface area contributed by atoms with E-state index in [-0.39, 0.29) is 11.3 Å². The number of fused-ring (bicyclic) bond motifs is 1. The summed E-state index contributed by atoms with van der Waals surface area (Å²) in [5, 5.41) is 10.1. The van der Waals surface area contributed by atoms with Crippen molar-refractivity contribution in [3.63, 3.8) is 0 Å². The molecule has 25 heavy (non-hydrogen) atoms. The topological polar surface area (TPSA) is 99.3 Å². The first-order chi connectivity index (χ1) is 11.8. The number of aromatic amines is 1. The molecule has 8 heteroatoms. The largest absolute Gasteiger partial charge is 0.481 e. The molecule has 2 aromatic carbocycles. The zero-order chi connectivity index (χ0) is 18.0. The minimum atomic E-state index is -3.73. The second-order valence-corrected chi connectivity index (χ2v) is 7.65. The summed E-state index contributed by atoms with van der Waals surface area (Å²) in [6.07, 6.45) is 2.11. The van der Waals surface area contributed by atoms with Crippen molar-refractivity contribution in [3.05, 3.63) is 59.2 Å². The highest BCUT2D eigenvalue weighted by molar-refractivity contribution is 7.92. The number of hydrogen-bond donors (Lipinski definition) is 3. The van der Waals surface area contributed by atoms with E-state index in [2.05, 4.69) is 9.71 Å². The average molecular weight is 379 g/mol. The van der Waals surface area contributed by atoms with E-state index in [0.717, 1.165) is 16.5 Å². The first kappa shape index (κ1) is 17.3. The minimum Gasteiger partial charge on any atom is -0.481 e. The van der Waals surface area contributed by atoms with Crippen LogP contribution in [-0.4, -0.2) is 24.5 Å². The predicted molar refractivity (Wildman–Crippen MR) is 96.5 cm³/mol. The van der Waals surface area contributed by atoms with Gasteiger partial charge in [0.25, 0.3) is 10.0 Å². The van der Waals surface area contributed by atoms with Crippen molar-refractivity contribution in [2.75, 3.05) is 4.72 Å². The van der Waals surface area contributed by atoms with Crippen molar-refractivity contribution in [2.24, 2.45) is 0 Å². The first-order valence-corrected chi connectivity index (χ1v) is 9.31. The van der Waals surface area contributed by atoms with Crippen molar-refractivity contribution in [1.29, 1.82) is 0 Å². The van der Waals surface area contributed by atoms with E-state index >= 15 is 0 Å². The van der Waals surface area contributed by atoms with Gasteiger partial charge in [-0.05, 0) is 54.4 Å². The molecule has 0 radical (unpaired) electrons. The molecule has 0 bridgehead atoms. The number of aryl methyl sites for hydroxylation is 1. The lowest BCUT2D eigenvalue weighted by Gasteiger charge is -2.09. The smallest absolute Gasteiger partial charge is 0.303 e. The van der Waals surface area contributed by atoms with Gasteiger partial charge in [-0.1, -0.05) is 11.6 Å². The Morgan fingerprint density at radius 3 is 2.56 bits per heavy atom. The second-order valence-electron chi connectivity index (χ2n) is 5.53. The van der Waals surface area contributed by atoms with E-state index in [1.807, 2.05) is 0 Å². The Morgan fingerprint density at radius 2 is 1.88 bits per heavy atom. The molecule has 0 spiro atoms. The molecule has 0 unspecified atom stereocenters. The van der Waals surface area contributed by atoms with Gasteiger partial charge in [-0.15, -0.1) is 0 Å². The molecule has 0 aliphatic rings. The van der Waals surface area contributed by atoms with Crippen LogP contribution in [0, 0.1) is 0 Å². The van der Waals surface area contributed by atoms with Crippen molar-refractivity contribution < 1.29 is 18.3 Å². The molecule has 3 rings (SSSR count). The third-order valence-electron chi connectivity index (χ3n) is 3.75. The van der Waals surface area contributed by atoms with E-state index < -0.39 is 16.0 Å². The van der Waals surface area contributed by atoms with Gasteiger partial charge in [-0.2, -0.15) is 0 Å². The summed E-state index contributed by atoms with van der Waals surface area (Å²) in [5.41, 5.74) is 2.04. The Bertz CT molecular complexity index is 1030. The van der Waals surface area contributed by atoms with Crippen LogP contribution in [0.25, 0.3) is 10.9 Å². The standard InChI is InChI=1S/C17H15ClN2O4S/c18-12-2-5-14(6-3-12)25(23,24)20-13-4-7-16-15(9-13)11(10-19-16)1-8-17(21)22/h2-7,9-10,19-20H,1,8H2,(H,21,22). The average Bonchev–Trinajstić information content (AvgIpc) is 2.95. The summed E-state index contributed by atoms with van der Waals surface area (Å²) in [4.78, 5) is 13.9. The molecule has 0 aliphatic carbocycles. The lowest BCUT2D eigenvalue weighted by atomic mass is 10.1. The summed E-state index contributed by atoms with van der Waals surface area (Å²) < 4.78 is 27.4. The number of carboxylic acid groups (broad SMARTS) is 1. The predicted octanol–water partition coefficient (Wildman–Crippen LogP) is 3.64. The van der Waals surface area contributed by atoms with E-state index in [9.17, 15) is 13.2 Å². The molecule has 3 aromatic rings. The number of hydrogen-bond acceptors (Lipinski definition) is 3. The Labute approximate surface area is 149 Å². The zero-order valence-electron chi connectivity index (χ0n) is 13.0. The SMILES string of the molecule is O=C(O)CCc1c[nH]c2ccc(NS(=O)(=O)c3ccc(Cl)cc3)cc12. The minimum absolute atomic E-state index is 0.00762. The summed E-state index contributed by atoms with van der Waals surface area (Å²) in [5.74, 6) is -0.881. The number of aromatic nitrogens is 1. The highest BCUT2D eigenvalue weighted by Gasteiger charge is 2.15. The van der Waals surface area contributed by atoms with Gasteiger partial charge in [0, 0.05) is 34.2 Å². The van der Waals surface area contributed by atoms with Crippen LogP contribution in [0.5, 0.6) is 0 Å². The number of anilines is 1. The summed E-state index contributed by atoms with van der Waals surface area (Å²) in [6, 6.07) is 11.0. The monoisotopic (exact) mass is 378 g/mol. The van der Waals surface area contributed by atoms with Gasteiger partial charge in [0.05, 0.1) is 4.90 Å². The quantitative estimate of drug-likeness (QED) is 0.609. The van der Waals surface area contributed by atoms with Gasteiger partial charge in [0.1, 0.15) is 0 Å². The van der Waals surface area contributed by atoms with Crippen LogP contribution in [-0.2, 0) is 21.2 Å². The number of carbonyl (C=O) groups is 1. The Kier molecular flexibility index (Phi) is 4.69. The van der Waals surface area contributed by atoms with E-state index in [4.69, 9.17) is 16.7 Å². The molecule has 130 valence electrons. The summed E-state index contributed by atoms with van der Waals surface area (Å²) in [6.45, 7) is 0. The molecule has 3 N–H and O–H groups in total. The molecule has 1 heterocycles. The van der Waals surface area contributed by atoms with Crippen LogP contribution in [0.4, 0.5) is 5.69 Å². The highest BCUT2D eigenvalue weighted by atomic mass is 35.5. The van der Waals surface area contributed by atoms with Crippen molar-refractivity contribution >= 4 is 44.2 Å². The van der Waals surface area contributed by atoms with Crippen LogP contribution in [0.2, 0.25) is 5.02 Å². The normalized spacial score (nSPS) is 11.6. The number of nitrogens with one attached hydrogen (secondary N) is 2. The maximum atomic E-state index is 12.4. The molecule has 0 amide bonds. The maximum Gasteiger partial charge on any atom is 0.303 e. The third-order valence-corrected chi connectivity index (χ3v) is 5.40. The molecule has 0 atom stereocenters. The maximum absolute atomic E-state index is 12.4. The van der Waals surface area contributed by atoms with Crippen molar-refractivity contribution in [1.82, 2.24) is 4.98 Å². The number of H-pyrrole nitrogens is 1. The molecule has 1 aromatic heterocycles.